The summed E-state index contributed by atoms with van der Waals surface area (Å²) in [5.41, 5.74) is 7.56. The molecule has 3 N–H and O–H groups in total. The molecule has 31 heavy (non-hydrogen) atoms. The number of carbonyl (C=O) groups excluding carboxylic acids is 2. The molecule has 1 aliphatic carbocycles. The van der Waals surface area contributed by atoms with Gasteiger partial charge >= 0.3 is 0 Å². The number of benzene rings is 2. The molecular formula is C23H16Cl2N4O2. The van der Waals surface area contributed by atoms with E-state index in [9.17, 15) is 14.9 Å². The SMILES string of the molecule is N#CC1=C(N)N(c2cc(Cl)cc(Cl)c2)C2=C(C(=O)CCC2)C12C(=O)Nc1ccccc12. The normalized spacial score (nSPS) is 22.4. The molecule has 1 amide bonds. The smallest absolute Gasteiger partial charge is 0.245 e. The number of para-hydroxylation sites is 1. The van der Waals surface area contributed by atoms with Gasteiger partial charge < -0.3 is 11.1 Å². The molecule has 0 saturated carbocycles. The van der Waals surface area contributed by atoms with Crippen LogP contribution in [0.5, 0.6) is 0 Å². The average molecular weight is 451 g/mol. The number of nitrogens with two attached hydrogens (primary N) is 1. The van der Waals surface area contributed by atoms with E-state index in [1.54, 1.807) is 47.4 Å². The van der Waals surface area contributed by atoms with Crippen LogP contribution in [0, 0.1) is 11.3 Å². The zero-order valence-electron chi connectivity index (χ0n) is 16.2. The van der Waals surface area contributed by atoms with E-state index in [1.165, 1.54) is 0 Å². The standard InChI is InChI=1S/C23H16Cl2N4O2/c24-12-8-13(25)10-14(9-12)29-18-6-3-7-19(30)20(18)23(16(11-26)21(29)27)15-4-1-2-5-17(15)28-22(23)31/h1-2,4-5,8-10H,3,6-7,27H2,(H,28,31). The highest BCUT2D eigenvalue weighted by Gasteiger charge is 2.59. The summed E-state index contributed by atoms with van der Waals surface area (Å²) in [6.45, 7) is 0. The Bertz CT molecular complexity index is 1270. The number of halogens is 2. The van der Waals surface area contributed by atoms with E-state index in [0.29, 0.717) is 57.5 Å². The summed E-state index contributed by atoms with van der Waals surface area (Å²) in [6, 6.07) is 14.1. The van der Waals surface area contributed by atoms with Crippen molar-refractivity contribution in [3.8, 4) is 6.07 Å². The average Bonchev–Trinajstić information content (AvgIpc) is 3.00. The lowest BCUT2D eigenvalue weighted by molar-refractivity contribution is -0.122. The number of Topliss-reactive ketones (excluding diaryl/α,β-unsaturated/α-hetero) is 1. The molecule has 0 radical (unpaired) electrons. The number of hydrogen-bond donors (Lipinski definition) is 2. The fourth-order valence-corrected chi connectivity index (χ4v) is 5.42. The third-order valence-corrected chi connectivity index (χ3v) is 6.48. The maximum atomic E-state index is 13.5. The van der Waals surface area contributed by atoms with Gasteiger partial charge in [-0.3, -0.25) is 14.5 Å². The van der Waals surface area contributed by atoms with E-state index >= 15 is 0 Å². The van der Waals surface area contributed by atoms with Crippen molar-refractivity contribution in [2.75, 3.05) is 10.2 Å². The van der Waals surface area contributed by atoms with Crippen LogP contribution in [0.25, 0.3) is 0 Å². The Labute approximate surface area is 188 Å². The van der Waals surface area contributed by atoms with Gasteiger partial charge in [-0.1, -0.05) is 41.4 Å². The molecule has 0 aromatic heterocycles. The Morgan fingerprint density at radius 3 is 2.52 bits per heavy atom. The van der Waals surface area contributed by atoms with Crippen molar-refractivity contribution in [3.05, 3.63) is 80.7 Å². The first-order valence-corrected chi connectivity index (χ1v) is 10.5. The predicted octanol–water partition coefficient (Wildman–Crippen LogP) is 4.40. The van der Waals surface area contributed by atoms with Crippen molar-refractivity contribution in [3.63, 3.8) is 0 Å². The van der Waals surface area contributed by atoms with Gasteiger partial charge in [0.15, 0.2) is 5.78 Å². The van der Waals surface area contributed by atoms with E-state index in [-0.39, 0.29) is 17.2 Å². The van der Waals surface area contributed by atoms with Gasteiger partial charge in [0.05, 0.1) is 11.3 Å². The molecule has 2 aromatic rings. The summed E-state index contributed by atoms with van der Waals surface area (Å²) in [5, 5.41) is 13.8. The van der Waals surface area contributed by atoms with E-state index in [2.05, 4.69) is 11.4 Å². The van der Waals surface area contributed by atoms with Gasteiger partial charge in [0.1, 0.15) is 17.3 Å². The molecule has 2 aliphatic heterocycles. The van der Waals surface area contributed by atoms with Crippen molar-refractivity contribution < 1.29 is 9.59 Å². The molecule has 154 valence electrons. The number of hydrogen-bond acceptors (Lipinski definition) is 5. The lowest BCUT2D eigenvalue weighted by Gasteiger charge is -2.43. The quantitative estimate of drug-likeness (QED) is 0.670. The Balaban J connectivity index is 1.89. The number of nitriles is 1. The van der Waals surface area contributed by atoms with Crippen molar-refractivity contribution in [1.82, 2.24) is 0 Å². The zero-order valence-corrected chi connectivity index (χ0v) is 17.7. The summed E-state index contributed by atoms with van der Waals surface area (Å²) in [7, 11) is 0. The van der Waals surface area contributed by atoms with Gasteiger partial charge in [-0.2, -0.15) is 5.26 Å². The monoisotopic (exact) mass is 450 g/mol. The molecule has 2 heterocycles. The lowest BCUT2D eigenvalue weighted by atomic mass is 9.64. The first kappa shape index (κ1) is 19.7. The van der Waals surface area contributed by atoms with E-state index in [0.717, 1.165) is 0 Å². The van der Waals surface area contributed by atoms with Gasteiger partial charge in [-0.25, -0.2) is 0 Å². The molecule has 8 heteroatoms. The number of anilines is 2. The topological polar surface area (TPSA) is 99.2 Å². The van der Waals surface area contributed by atoms with Crippen LogP contribution in [0.2, 0.25) is 10.0 Å². The van der Waals surface area contributed by atoms with Crippen molar-refractivity contribution in [2.45, 2.75) is 24.7 Å². The molecule has 3 aliphatic rings. The molecule has 6 nitrogen and oxygen atoms in total. The van der Waals surface area contributed by atoms with Gasteiger partial charge in [-0.05, 0) is 37.1 Å². The first-order valence-electron chi connectivity index (χ1n) is 9.74. The third kappa shape index (κ3) is 2.57. The third-order valence-electron chi connectivity index (χ3n) is 6.04. The molecule has 5 rings (SSSR count). The molecule has 0 fully saturated rings. The van der Waals surface area contributed by atoms with Crippen molar-refractivity contribution in [1.29, 1.82) is 5.26 Å². The number of ketones is 1. The van der Waals surface area contributed by atoms with E-state index < -0.39 is 11.3 Å². The summed E-state index contributed by atoms with van der Waals surface area (Å²) in [5.74, 6) is -0.535. The van der Waals surface area contributed by atoms with Crippen LogP contribution >= 0.6 is 23.2 Å². The van der Waals surface area contributed by atoms with Crippen LogP contribution in [0.1, 0.15) is 24.8 Å². The second-order valence-electron chi connectivity index (χ2n) is 7.68. The van der Waals surface area contributed by atoms with Gasteiger partial charge in [0.2, 0.25) is 5.91 Å². The highest BCUT2D eigenvalue weighted by atomic mass is 35.5. The van der Waals surface area contributed by atoms with Crippen LogP contribution in [0.3, 0.4) is 0 Å². The molecule has 2 aromatic carbocycles. The van der Waals surface area contributed by atoms with Crippen LogP contribution in [-0.4, -0.2) is 11.7 Å². The van der Waals surface area contributed by atoms with Crippen molar-refractivity contribution >= 4 is 46.3 Å². The number of nitrogens with one attached hydrogen (secondary N) is 1. The van der Waals surface area contributed by atoms with Crippen LogP contribution in [0.15, 0.2) is 65.1 Å². The highest BCUT2D eigenvalue weighted by Crippen LogP contribution is 2.55. The van der Waals surface area contributed by atoms with Gasteiger partial charge in [0, 0.05) is 39.0 Å². The van der Waals surface area contributed by atoms with Crippen LogP contribution in [0.4, 0.5) is 11.4 Å². The number of allylic oxidation sites excluding steroid dienone is 1. The molecule has 1 atom stereocenters. The molecular weight excluding hydrogens is 435 g/mol. The number of carbonyl (C=O) groups is 2. The van der Waals surface area contributed by atoms with Gasteiger partial charge in [-0.15, -0.1) is 0 Å². The van der Waals surface area contributed by atoms with Gasteiger partial charge in [0.25, 0.3) is 0 Å². The summed E-state index contributed by atoms with van der Waals surface area (Å²) in [6.07, 6.45) is 1.41. The van der Waals surface area contributed by atoms with E-state index in [4.69, 9.17) is 28.9 Å². The maximum Gasteiger partial charge on any atom is 0.245 e. The highest BCUT2D eigenvalue weighted by molar-refractivity contribution is 6.35. The number of nitrogens with zero attached hydrogens (tertiary/aromatic N) is 2. The fourth-order valence-electron chi connectivity index (χ4n) is 4.91. The van der Waals surface area contributed by atoms with Crippen molar-refractivity contribution in [2.24, 2.45) is 5.73 Å². The van der Waals surface area contributed by atoms with Crippen LogP contribution in [-0.2, 0) is 15.0 Å². The Morgan fingerprint density at radius 1 is 1.10 bits per heavy atom. The second kappa shape index (κ2) is 6.88. The maximum absolute atomic E-state index is 13.5. The molecule has 0 saturated heterocycles. The Morgan fingerprint density at radius 2 is 1.81 bits per heavy atom. The minimum Gasteiger partial charge on any atom is -0.384 e. The number of fused-ring (bicyclic) bond motifs is 3. The molecule has 1 unspecified atom stereocenters. The molecule has 0 bridgehead atoms. The molecule has 1 spiro atoms. The summed E-state index contributed by atoms with van der Waals surface area (Å²) in [4.78, 5) is 28.5. The Kier molecular flexibility index (Phi) is 4.37. The minimum atomic E-state index is -1.57. The Hall–Kier alpha value is -3.27. The fraction of sp³-hybridized carbons (Fsp3) is 0.174. The minimum absolute atomic E-state index is 0.0139. The predicted molar refractivity (Wildman–Crippen MR) is 118 cm³/mol. The number of amides is 1. The zero-order chi connectivity index (χ0) is 21.9. The summed E-state index contributed by atoms with van der Waals surface area (Å²) >= 11 is 12.4. The van der Waals surface area contributed by atoms with Crippen LogP contribution < -0.4 is 16.0 Å². The summed E-state index contributed by atoms with van der Waals surface area (Å²) < 4.78 is 0. The second-order valence-corrected chi connectivity index (χ2v) is 8.56. The van der Waals surface area contributed by atoms with E-state index in [1.807, 2.05) is 0 Å². The lowest BCUT2D eigenvalue weighted by Crippen LogP contribution is -2.50. The largest absolute Gasteiger partial charge is 0.384 e. The number of rotatable bonds is 1. The first-order chi connectivity index (χ1) is 14.9.